The van der Waals surface area contributed by atoms with E-state index in [1.807, 2.05) is 0 Å². The fourth-order valence-electron chi connectivity index (χ4n) is 0.717. The number of tetrazole rings is 1. The summed E-state index contributed by atoms with van der Waals surface area (Å²) in [4.78, 5) is 11.1. The number of carbonyl (C=O) groups is 1. The first-order valence-corrected chi connectivity index (χ1v) is 3.84. The topological polar surface area (TPSA) is 92.9 Å². The van der Waals surface area contributed by atoms with Crippen LogP contribution in [-0.4, -0.2) is 43.9 Å². The van der Waals surface area contributed by atoms with Crippen molar-refractivity contribution in [3.63, 3.8) is 0 Å². The van der Waals surface area contributed by atoms with Gasteiger partial charge in [-0.1, -0.05) is 0 Å². The molecule has 1 aromatic heterocycles. The van der Waals surface area contributed by atoms with Gasteiger partial charge in [-0.15, -0.1) is 5.10 Å². The second-order valence-electron chi connectivity index (χ2n) is 2.66. The highest BCUT2D eigenvalue weighted by Gasteiger charge is 2.04. The zero-order valence-corrected chi connectivity index (χ0v) is 7.21. The van der Waals surface area contributed by atoms with E-state index < -0.39 is 6.10 Å². The molecule has 0 aliphatic carbocycles. The number of aliphatic hydroxyl groups excluding tert-OH is 1. The SMILES string of the molecule is C[C@H](O)CNC(=O)Cn1cnnn1. The predicted molar refractivity (Wildman–Crippen MR) is 42.5 cm³/mol. The quantitative estimate of drug-likeness (QED) is 0.575. The molecule has 0 aromatic carbocycles. The molecule has 1 amide bonds. The van der Waals surface area contributed by atoms with E-state index in [1.165, 1.54) is 11.0 Å². The van der Waals surface area contributed by atoms with Crippen molar-refractivity contribution in [2.75, 3.05) is 6.54 Å². The van der Waals surface area contributed by atoms with E-state index in [1.54, 1.807) is 6.92 Å². The van der Waals surface area contributed by atoms with Gasteiger partial charge >= 0.3 is 0 Å². The van der Waals surface area contributed by atoms with Gasteiger partial charge in [0.15, 0.2) is 0 Å². The van der Waals surface area contributed by atoms with Gasteiger partial charge in [-0.25, -0.2) is 4.68 Å². The van der Waals surface area contributed by atoms with Crippen LogP contribution < -0.4 is 5.32 Å². The molecule has 0 saturated carbocycles. The zero-order chi connectivity index (χ0) is 9.68. The Hall–Kier alpha value is -1.50. The zero-order valence-electron chi connectivity index (χ0n) is 7.21. The first-order chi connectivity index (χ1) is 6.18. The van der Waals surface area contributed by atoms with Gasteiger partial charge in [-0.05, 0) is 17.4 Å². The Balaban J connectivity index is 2.26. The van der Waals surface area contributed by atoms with Crippen LogP contribution in [0.2, 0.25) is 0 Å². The Morgan fingerprint density at radius 3 is 3.08 bits per heavy atom. The standard InChI is InChI=1S/C6H11N5O2/c1-5(12)2-7-6(13)3-11-4-8-9-10-11/h4-5,12H,2-3H2,1H3,(H,7,13)/t5-/m0/s1. The van der Waals surface area contributed by atoms with Crippen molar-refractivity contribution < 1.29 is 9.90 Å². The lowest BCUT2D eigenvalue weighted by molar-refractivity contribution is -0.122. The van der Waals surface area contributed by atoms with Gasteiger partial charge in [0.2, 0.25) is 5.91 Å². The molecule has 2 N–H and O–H groups in total. The van der Waals surface area contributed by atoms with Crippen molar-refractivity contribution in [3.05, 3.63) is 6.33 Å². The normalized spacial score (nSPS) is 12.5. The van der Waals surface area contributed by atoms with Crippen LogP contribution in [0.3, 0.4) is 0 Å². The number of carbonyl (C=O) groups excluding carboxylic acids is 1. The molecule has 0 unspecified atom stereocenters. The average molecular weight is 185 g/mol. The number of nitrogens with one attached hydrogen (secondary N) is 1. The van der Waals surface area contributed by atoms with Crippen molar-refractivity contribution in [1.82, 2.24) is 25.5 Å². The fourth-order valence-corrected chi connectivity index (χ4v) is 0.717. The number of amides is 1. The molecule has 1 aromatic rings. The summed E-state index contributed by atoms with van der Waals surface area (Å²) < 4.78 is 1.30. The third kappa shape index (κ3) is 3.61. The smallest absolute Gasteiger partial charge is 0.241 e. The summed E-state index contributed by atoms with van der Waals surface area (Å²) in [5.41, 5.74) is 0. The molecule has 0 spiro atoms. The molecule has 1 atom stereocenters. The molecule has 0 saturated heterocycles. The van der Waals surface area contributed by atoms with Gasteiger partial charge in [0.25, 0.3) is 0 Å². The highest BCUT2D eigenvalue weighted by atomic mass is 16.3. The van der Waals surface area contributed by atoms with Crippen molar-refractivity contribution in [2.45, 2.75) is 19.6 Å². The number of hydrogen-bond acceptors (Lipinski definition) is 5. The highest BCUT2D eigenvalue weighted by molar-refractivity contribution is 5.75. The van der Waals surface area contributed by atoms with E-state index in [0.29, 0.717) is 0 Å². The Labute approximate surface area is 74.7 Å². The van der Waals surface area contributed by atoms with Gasteiger partial charge in [0, 0.05) is 6.54 Å². The monoisotopic (exact) mass is 185 g/mol. The molecule has 7 heteroatoms. The molecule has 1 rings (SSSR count). The van der Waals surface area contributed by atoms with Crippen molar-refractivity contribution in [1.29, 1.82) is 0 Å². The van der Waals surface area contributed by atoms with Gasteiger partial charge in [-0.2, -0.15) is 0 Å². The predicted octanol–water partition coefficient (Wildman–Crippen LogP) is -1.83. The van der Waals surface area contributed by atoms with Crippen LogP contribution >= 0.6 is 0 Å². The minimum atomic E-state index is -0.544. The molecule has 0 radical (unpaired) electrons. The third-order valence-corrected chi connectivity index (χ3v) is 1.29. The Bertz CT molecular complexity index is 258. The lowest BCUT2D eigenvalue weighted by atomic mass is 10.4. The van der Waals surface area contributed by atoms with E-state index in [9.17, 15) is 4.79 Å². The molecule has 13 heavy (non-hydrogen) atoms. The molecule has 0 fully saturated rings. The first-order valence-electron chi connectivity index (χ1n) is 3.84. The number of nitrogens with zero attached hydrogens (tertiary/aromatic N) is 4. The van der Waals surface area contributed by atoms with Crippen LogP contribution in [0.15, 0.2) is 6.33 Å². The van der Waals surface area contributed by atoms with E-state index in [4.69, 9.17) is 5.11 Å². The molecule has 0 aliphatic rings. The Morgan fingerprint density at radius 2 is 2.54 bits per heavy atom. The summed E-state index contributed by atoms with van der Waals surface area (Å²) >= 11 is 0. The van der Waals surface area contributed by atoms with Crippen LogP contribution in [0.4, 0.5) is 0 Å². The fraction of sp³-hybridized carbons (Fsp3) is 0.667. The Morgan fingerprint density at radius 1 is 1.77 bits per heavy atom. The Kier molecular flexibility index (Phi) is 3.32. The van der Waals surface area contributed by atoms with Gasteiger partial charge in [0.05, 0.1) is 6.10 Å². The second kappa shape index (κ2) is 4.51. The van der Waals surface area contributed by atoms with Crippen LogP contribution in [0.1, 0.15) is 6.92 Å². The van der Waals surface area contributed by atoms with Gasteiger partial charge in [-0.3, -0.25) is 4.79 Å². The minimum absolute atomic E-state index is 0.0692. The number of aromatic nitrogens is 4. The summed E-state index contributed by atoms with van der Waals surface area (Å²) in [7, 11) is 0. The third-order valence-electron chi connectivity index (χ3n) is 1.29. The largest absolute Gasteiger partial charge is 0.392 e. The number of rotatable bonds is 4. The van der Waals surface area contributed by atoms with Crippen molar-refractivity contribution in [3.8, 4) is 0 Å². The van der Waals surface area contributed by atoms with E-state index in [2.05, 4.69) is 20.8 Å². The average Bonchev–Trinajstić information content (AvgIpc) is 2.53. The highest BCUT2D eigenvalue weighted by Crippen LogP contribution is 1.80. The summed E-state index contributed by atoms with van der Waals surface area (Å²) in [6.45, 7) is 1.90. The van der Waals surface area contributed by atoms with E-state index in [-0.39, 0.29) is 19.0 Å². The summed E-state index contributed by atoms with van der Waals surface area (Å²) in [5.74, 6) is -0.229. The van der Waals surface area contributed by atoms with Crippen LogP contribution in [0.5, 0.6) is 0 Å². The number of aliphatic hydroxyl groups is 1. The van der Waals surface area contributed by atoms with Gasteiger partial charge < -0.3 is 10.4 Å². The van der Waals surface area contributed by atoms with Crippen LogP contribution in [0.25, 0.3) is 0 Å². The molecule has 0 aliphatic heterocycles. The lowest BCUT2D eigenvalue weighted by Crippen LogP contribution is -2.33. The lowest BCUT2D eigenvalue weighted by Gasteiger charge is -2.05. The maximum Gasteiger partial charge on any atom is 0.241 e. The maximum atomic E-state index is 11.1. The minimum Gasteiger partial charge on any atom is -0.392 e. The van der Waals surface area contributed by atoms with Crippen molar-refractivity contribution in [2.24, 2.45) is 0 Å². The summed E-state index contributed by atoms with van der Waals surface area (Å²) in [5, 5.41) is 21.6. The number of hydrogen-bond donors (Lipinski definition) is 2. The second-order valence-corrected chi connectivity index (χ2v) is 2.66. The molecule has 72 valence electrons. The first kappa shape index (κ1) is 9.59. The van der Waals surface area contributed by atoms with Crippen LogP contribution in [0, 0.1) is 0 Å². The van der Waals surface area contributed by atoms with Crippen molar-refractivity contribution >= 4 is 5.91 Å². The molecule has 0 bridgehead atoms. The molecular formula is C6H11N5O2. The van der Waals surface area contributed by atoms with E-state index >= 15 is 0 Å². The molecule has 7 nitrogen and oxygen atoms in total. The summed E-state index contributed by atoms with van der Waals surface area (Å²) in [6.07, 6.45) is 0.805. The van der Waals surface area contributed by atoms with E-state index in [0.717, 1.165) is 0 Å². The summed E-state index contributed by atoms with van der Waals surface area (Å²) in [6, 6.07) is 0. The van der Waals surface area contributed by atoms with Crippen LogP contribution in [-0.2, 0) is 11.3 Å². The maximum absolute atomic E-state index is 11.1. The van der Waals surface area contributed by atoms with Gasteiger partial charge in [0.1, 0.15) is 12.9 Å². The molecular weight excluding hydrogens is 174 g/mol. The molecule has 1 heterocycles.